The molecule has 0 fully saturated rings. The Morgan fingerprint density at radius 3 is 2.61 bits per heavy atom. The number of aryl methyl sites for hydroxylation is 1. The van der Waals surface area contributed by atoms with E-state index >= 15 is 0 Å². The Morgan fingerprint density at radius 2 is 1.88 bits per heavy atom. The molecule has 3 aromatic heterocycles. The number of nitrogens with zero attached hydrogens (tertiary/aromatic N) is 4. The van der Waals surface area contributed by atoms with E-state index in [0.717, 1.165) is 11.3 Å². The van der Waals surface area contributed by atoms with Crippen LogP contribution in [-0.4, -0.2) is 26.9 Å². The van der Waals surface area contributed by atoms with Crippen molar-refractivity contribution in [2.45, 2.75) is 6.92 Å². The monoisotopic (exact) mass is 455 g/mol. The second kappa shape index (κ2) is 8.72. The molecular formula is C25H18ClN5O2. The molecule has 0 aliphatic rings. The average molecular weight is 456 g/mol. The molecule has 0 radical (unpaired) electrons. The van der Waals surface area contributed by atoms with E-state index in [1.807, 2.05) is 49.4 Å². The molecule has 1 amide bonds. The summed E-state index contributed by atoms with van der Waals surface area (Å²) in [6.07, 6.45) is 2.98. The van der Waals surface area contributed by atoms with Crippen LogP contribution in [0.4, 0.5) is 0 Å². The number of carbonyl (C=O) groups excluding carboxylic acids is 1. The molecule has 7 nitrogen and oxygen atoms in total. The predicted octanol–water partition coefficient (Wildman–Crippen LogP) is 5.41. The highest BCUT2D eigenvalue weighted by Gasteiger charge is 2.21. The lowest BCUT2D eigenvalue weighted by atomic mass is 10.1. The zero-order valence-corrected chi connectivity index (χ0v) is 18.3. The molecular weight excluding hydrogens is 438 g/mol. The topological polar surface area (TPSA) is 85.3 Å². The Hall–Kier alpha value is -4.23. The van der Waals surface area contributed by atoms with Gasteiger partial charge in [0.25, 0.3) is 5.91 Å². The summed E-state index contributed by atoms with van der Waals surface area (Å²) in [6.45, 7) is 1.86. The van der Waals surface area contributed by atoms with E-state index in [0.29, 0.717) is 38.8 Å². The number of benzene rings is 2. The van der Waals surface area contributed by atoms with Gasteiger partial charge >= 0.3 is 0 Å². The van der Waals surface area contributed by atoms with E-state index in [1.54, 1.807) is 35.0 Å². The van der Waals surface area contributed by atoms with E-state index in [2.05, 4.69) is 15.6 Å². The van der Waals surface area contributed by atoms with Gasteiger partial charge in [-0.1, -0.05) is 41.9 Å². The Bertz CT molecular complexity index is 1460. The molecule has 0 saturated heterocycles. The van der Waals surface area contributed by atoms with Gasteiger partial charge in [-0.15, -0.1) is 0 Å². The second-order valence-electron chi connectivity index (χ2n) is 7.31. The third-order valence-electron chi connectivity index (χ3n) is 5.10. The molecule has 162 valence electrons. The van der Waals surface area contributed by atoms with Crippen molar-refractivity contribution in [3.8, 4) is 16.9 Å². The number of amides is 1. The van der Waals surface area contributed by atoms with Crippen LogP contribution in [0.25, 0.3) is 28.0 Å². The SMILES string of the molecule is Cc1nn(-c2ccccc2)c2nc(-c3ccc(Cl)cc3)cc(C(=O)NN=Cc3ccco3)c12. The smallest absolute Gasteiger partial charge is 0.272 e. The molecule has 0 atom stereocenters. The van der Waals surface area contributed by atoms with Gasteiger partial charge in [-0.3, -0.25) is 4.79 Å². The van der Waals surface area contributed by atoms with Crippen LogP contribution in [0.1, 0.15) is 21.8 Å². The van der Waals surface area contributed by atoms with Crippen LogP contribution < -0.4 is 5.43 Å². The van der Waals surface area contributed by atoms with Crippen LogP contribution in [0.3, 0.4) is 0 Å². The quantitative estimate of drug-likeness (QED) is 0.284. The van der Waals surface area contributed by atoms with Crippen molar-refractivity contribution in [1.82, 2.24) is 20.2 Å². The first-order valence-electron chi connectivity index (χ1n) is 10.2. The minimum absolute atomic E-state index is 0.379. The lowest BCUT2D eigenvalue weighted by molar-refractivity contribution is 0.0956. The third kappa shape index (κ3) is 4.14. The number of carbonyl (C=O) groups is 1. The molecule has 3 heterocycles. The van der Waals surface area contributed by atoms with Gasteiger partial charge in [0.1, 0.15) is 5.76 Å². The number of hydrazone groups is 1. The van der Waals surface area contributed by atoms with E-state index < -0.39 is 0 Å². The van der Waals surface area contributed by atoms with Crippen molar-refractivity contribution in [1.29, 1.82) is 0 Å². The van der Waals surface area contributed by atoms with Crippen molar-refractivity contribution >= 4 is 34.8 Å². The lowest BCUT2D eigenvalue weighted by Gasteiger charge is -2.09. The molecule has 0 aliphatic heterocycles. The maximum atomic E-state index is 13.2. The number of fused-ring (bicyclic) bond motifs is 1. The van der Waals surface area contributed by atoms with E-state index in [-0.39, 0.29) is 5.91 Å². The summed E-state index contributed by atoms with van der Waals surface area (Å²) in [6, 6.07) is 22.2. The van der Waals surface area contributed by atoms with Crippen LogP contribution >= 0.6 is 11.6 Å². The van der Waals surface area contributed by atoms with Gasteiger partial charge in [0, 0.05) is 10.6 Å². The average Bonchev–Trinajstić information content (AvgIpc) is 3.47. The van der Waals surface area contributed by atoms with Gasteiger partial charge in [-0.05, 0) is 49.4 Å². The zero-order valence-electron chi connectivity index (χ0n) is 17.6. The van der Waals surface area contributed by atoms with E-state index in [1.165, 1.54) is 12.5 Å². The van der Waals surface area contributed by atoms with Gasteiger partial charge in [0.15, 0.2) is 5.65 Å². The van der Waals surface area contributed by atoms with E-state index in [9.17, 15) is 4.79 Å². The number of para-hydroxylation sites is 1. The number of furan rings is 1. The van der Waals surface area contributed by atoms with Crippen LogP contribution in [0, 0.1) is 6.92 Å². The first-order valence-corrected chi connectivity index (χ1v) is 10.6. The van der Waals surface area contributed by atoms with Crippen molar-refractivity contribution in [3.63, 3.8) is 0 Å². The number of halogens is 1. The maximum Gasteiger partial charge on any atom is 0.272 e. The Kier molecular flexibility index (Phi) is 5.46. The Balaban J connectivity index is 1.65. The minimum Gasteiger partial charge on any atom is -0.463 e. The molecule has 33 heavy (non-hydrogen) atoms. The standard InChI is InChI=1S/C25H18ClN5O2/c1-16-23-21(25(32)29-27-15-20-8-5-13-33-20)14-22(17-9-11-18(26)12-10-17)28-24(23)31(30-16)19-6-3-2-4-7-19/h2-15H,1H3,(H,29,32). The molecule has 1 N–H and O–H groups in total. The molecule has 5 rings (SSSR count). The molecule has 8 heteroatoms. The van der Waals surface area contributed by atoms with Crippen LogP contribution in [-0.2, 0) is 0 Å². The van der Waals surface area contributed by atoms with Crippen LogP contribution in [0.15, 0.2) is 88.6 Å². The predicted molar refractivity (Wildman–Crippen MR) is 128 cm³/mol. The highest BCUT2D eigenvalue weighted by molar-refractivity contribution is 6.30. The molecule has 0 aliphatic carbocycles. The molecule has 2 aromatic carbocycles. The second-order valence-corrected chi connectivity index (χ2v) is 7.74. The first-order chi connectivity index (χ1) is 16.1. The van der Waals surface area contributed by atoms with Crippen LogP contribution in [0.5, 0.6) is 0 Å². The fourth-order valence-corrected chi connectivity index (χ4v) is 3.69. The van der Waals surface area contributed by atoms with Crippen molar-refractivity contribution in [2.24, 2.45) is 5.10 Å². The fourth-order valence-electron chi connectivity index (χ4n) is 3.57. The van der Waals surface area contributed by atoms with Crippen molar-refractivity contribution in [2.75, 3.05) is 0 Å². The summed E-state index contributed by atoms with van der Waals surface area (Å²) in [5.74, 6) is 0.154. The number of aromatic nitrogens is 3. The minimum atomic E-state index is -0.379. The largest absolute Gasteiger partial charge is 0.463 e. The number of hydrogen-bond donors (Lipinski definition) is 1. The Labute approximate surface area is 194 Å². The van der Waals surface area contributed by atoms with Gasteiger partial charge < -0.3 is 4.42 Å². The van der Waals surface area contributed by atoms with Crippen molar-refractivity contribution < 1.29 is 9.21 Å². The lowest BCUT2D eigenvalue weighted by Crippen LogP contribution is -2.18. The highest BCUT2D eigenvalue weighted by Crippen LogP contribution is 2.29. The van der Waals surface area contributed by atoms with Gasteiger partial charge in [0.2, 0.25) is 0 Å². The maximum absolute atomic E-state index is 13.2. The number of pyridine rings is 1. The Morgan fingerprint density at radius 1 is 1.09 bits per heavy atom. The summed E-state index contributed by atoms with van der Waals surface area (Å²) in [7, 11) is 0. The summed E-state index contributed by atoms with van der Waals surface area (Å²) in [5.41, 5.74) is 6.55. The number of rotatable bonds is 5. The third-order valence-corrected chi connectivity index (χ3v) is 5.35. The van der Waals surface area contributed by atoms with Crippen molar-refractivity contribution in [3.05, 3.63) is 101 Å². The zero-order chi connectivity index (χ0) is 22.8. The molecule has 0 unspecified atom stereocenters. The highest BCUT2D eigenvalue weighted by atomic mass is 35.5. The van der Waals surface area contributed by atoms with Gasteiger partial charge in [-0.25, -0.2) is 15.1 Å². The summed E-state index contributed by atoms with van der Waals surface area (Å²) in [5, 5.41) is 9.97. The summed E-state index contributed by atoms with van der Waals surface area (Å²) < 4.78 is 6.96. The first kappa shape index (κ1) is 20.7. The molecule has 0 saturated carbocycles. The number of nitrogens with one attached hydrogen (secondary N) is 1. The molecule has 5 aromatic rings. The van der Waals surface area contributed by atoms with Gasteiger partial charge in [-0.2, -0.15) is 10.2 Å². The summed E-state index contributed by atoms with van der Waals surface area (Å²) >= 11 is 6.06. The fraction of sp³-hybridized carbons (Fsp3) is 0.0400. The van der Waals surface area contributed by atoms with Gasteiger partial charge in [0.05, 0.1) is 40.5 Å². The molecule has 0 bridgehead atoms. The van der Waals surface area contributed by atoms with Crippen LogP contribution in [0.2, 0.25) is 5.02 Å². The molecule has 0 spiro atoms. The normalized spacial score (nSPS) is 11.3. The summed E-state index contributed by atoms with van der Waals surface area (Å²) in [4.78, 5) is 18.0. The van der Waals surface area contributed by atoms with E-state index in [4.69, 9.17) is 21.0 Å². The number of hydrogen-bond acceptors (Lipinski definition) is 5.